The molecule has 1 atom stereocenters. The third-order valence-corrected chi connectivity index (χ3v) is 1.88. The summed E-state index contributed by atoms with van der Waals surface area (Å²) in [6, 6.07) is 0. The summed E-state index contributed by atoms with van der Waals surface area (Å²) in [5, 5.41) is 0. The van der Waals surface area contributed by atoms with Crippen molar-refractivity contribution in [3.63, 3.8) is 0 Å². The fourth-order valence-corrected chi connectivity index (χ4v) is 1.22. The van der Waals surface area contributed by atoms with E-state index in [4.69, 9.17) is 0 Å². The van der Waals surface area contributed by atoms with E-state index in [1.165, 1.54) is 25.7 Å². The number of hydrogen-bond acceptors (Lipinski definition) is 0. The highest BCUT2D eigenvalue weighted by atomic mass is 14.1. The van der Waals surface area contributed by atoms with Gasteiger partial charge in [-0.05, 0) is 31.6 Å². The Kier molecular flexibility index (Phi) is 6.68. The Labute approximate surface area is 65.3 Å². The molecular weight excluding hydrogens is 120 g/mol. The standard InChI is InChI=1S/C8H14.C2H6/c1-2-8-6-4-3-5-7-8;1-2/h4,6,8H,2-3,5,7H2,1H3;1-2H3. The van der Waals surface area contributed by atoms with Gasteiger partial charge in [0.2, 0.25) is 0 Å². The monoisotopic (exact) mass is 140 g/mol. The van der Waals surface area contributed by atoms with Crippen LogP contribution in [0.15, 0.2) is 12.2 Å². The molecule has 60 valence electrons. The Morgan fingerprint density at radius 1 is 1.40 bits per heavy atom. The van der Waals surface area contributed by atoms with Crippen LogP contribution < -0.4 is 0 Å². The van der Waals surface area contributed by atoms with E-state index in [0.717, 1.165) is 5.92 Å². The van der Waals surface area contributed by atoms with E-state index in [1.54, 1.807) is 0 Å². The second-order valence-electron chi connectivity index (χ2n) is 2.53. The van der Waals surface area contributed by atoms with Crippen molar-refractivity contribution in [1.82, 2.24) is 0 Å². The maximum atomic E-state index is 2.36. The van der Waals surface area contributed by atoms with Crippen LogP contribution in [-0.4, -0.2) is 0 Å². The molecule has 0 saturated heterocycles. The molecule has 10 heavy (non-hydrogen) atoms. The first kappa shape index (κ1) is 9.74. The van der Waals surface area contributed by atoms with E-state index in [0.29, 0.717) is 0 Å². The Bertz CT molecular complexity index is 82.0. The predicted molar refractivity (Wildman–Crippen MR) is 48.1 cm³/mol. The molecule has 1 unspecified atom stereocenters. The summed E-state index contributed by atoms with van der Waals surface area (Å²) in [5.41, 5.74) is 0. The quantitative estimate of drug-likeness (QED) is 0.486. The van der Waals surface area contributed by atoms with Crippen molar-refractivity contribution < 1.29 is 0 Å². The van der Waals surface area contributed by atoms with Crippen molar-refractivity contribution in [1.29, 1.82) is 0 Å². The second kappa shape index (κ2) is 6.85. The minimum atomic E-state index is 0.906. The van der Waals surface area contributed by atoms with Gasteiger partial charge in [0, 0.05) is 0 Å². The molecule has 0 bridgehead atoms. The van der Waals surface area contributed by atoms with Crippen LogP contribution in [0.1, 0.15) is 46.5 Å². The van der Waals surface area contributed by atoms with Gasteiger partial charge < -0.3 is 0 Å². The van der Waals surface area contributed by atoms with Gasteiger partial charge in [-0.2, -0.15) is 0 Å². The maximum Gasteiger partial charge on any atom is -0.0236 e. The summed E-state index contributed by atoms with van der Waals surface area (Å²) < 4.78 is 0. The molecule has 0 nitrogen and oxygen atoms in total. The maximum absolute atomic E-state index is 2.36. The zero-order valence-electron chi connectivity index (χ0n) is 7.56. The molecule has 0 radical (unpaired) electrons. The van der Waals surface area contributed by atoms with Gasteiger partial charge in [0.15, 0.2) is 0 Å². The average Bonchev–Trinajstić information content (AvgIpc) is 2.10. The normalized spacial score (nSPS) is 23.3. The van der Waals surface area contributed by atoms with Crippen LogP contribution in [0.3, 0.4) is 0 Å². The van der Waals surface area contributed by atoms with Gasteiger partial charge in [0.05, 0.1) is 0 Å². The lowest BCUT2D eigenvalue weighted by atomic mass is 9.94. The zero-order chi connectivity index (χ0) is 7.82. The summed E-state index contributed by atoms with van der Waals surface area (Å²) >= 11 is 0. The first-order chi connectivity index (χ1) is 4.93. The summed E-state index contributed by atoms with van der Waals surface area (Å²) in [6.07, 6.45) is 10.2. The van der Waals surface area contributed by atoms with Gasteiger partial charge >= 0.3 is 0 Å². The van der Waals surface area contributed by atoms with E-state index >= 15 is 0 Å². The molecule has 0 amide bonds. The van der Waals surface area contributed by atoms with Crippen LogP contribution in [0.5, 0.6) is 0 Å². The van der Waals surface area contributed by atoms with Crippen LogP contribution in [0, 0.1) is 5.92 Å². The van der Waals surface area contributed by atoms with Gasteiger partial charge in [-0.15, -0.1) is 0 Å². The Morgan fingerprint density at radius 3 is 2.40 bits per heavy atom. The summed E-state index contributed by atoms with van der Waals surface area (Å²) in [6.45, 7) is 6.26. The molecule has 0 N–H and O–H groups in total. The van der Waals surface area contributed by atoms with Crippen molar-refractivity contribution in [3.8, 4) is 0 Å². The average molecular weight is 140 g/mol. The highest BCUT2D eigenvalue weighted by Gasteiger charge is 2.03. The number of rotatable bonds is 1. The largest absolute Gasteiger partial charge is 0.0883 e. The molecule has 1 aliphatic carbocycles. The molecule has 0 heterocycles. The van der Waals surface area contributed by atoms with E-state index in [2.05, 4.69) is 19.1 Å². The lowest BCUT2D eigenvalue weighted by Crippen LogP contribution is -1.97. The predicted octanol–water partition coefficient (Wildman–Crippen LogP) is 3.78. The van der Waals surface area contributed by atoms with Crippen LogP contribution in [0.25, 0.3) is 0 Å². The van der Waals surface area contributed by atoms with Gasteiger partial charge in [0.25, 0.3) is 0 Å². The Morgan fingerprint density at radius 2 is 2.10 bits per heavy atom. The smallest absolute Gasteiger partial charge is 0.0236 e. The molecule has 1 rings (SSSR count). The van der Waals surface area contributed by atoms with Crippen LogP contribution >= 0.6 is 0 Å². The number of hydrogen-bond donors (Lipinski definition) is 0. The van der Waals surface area contributed by atoms with Gasteiger partial charge in [0.1, 0.15) is 0 Å². The van der Waals surface area contributed by atoms with E-state index in [1.807, 2.05) is 13.8 Å². The summed E-state index contributed by atoms with van der Waals surface area (Å²) in [7, 11) is 0. The third kappa shape index (κ3) is 3.71. The summed E-state index contributed by atoms with van der Waals surface area (Å²) in [4.78, 5) is 0. The molecular formula is C10H20. The minimum Gasteiger partial charge on any atom is -0.0883 e. The molecule has 0 heteroatoms. The molecule has 0 aromatic heterocycles. The van der Waals surface area contributed by atoms with Crippen molar-refractivity contribution in [3.05, 3.63) is 12.2 Å². The first-order valence-electron chi connectivity index (χ1n) is 4.60. The van der Waals surface area contributed by atoms with Gasteiger partial charge in [-0.1, -0.05) is 32.9 Å². The highest BCUT2D eigenvalue weighted by molar-refractivity contribution is 4.91. The van der Waals surface area contributed by atoms with Crippen molar-refractivity contribution in [2.24, 2.45) is 5.92 Å². The van der Waals surface area contributed by atoms with Crippen molar-refractivity contribution in [2.75, 3.05) is 0 Å². The van der Waals surface area contributed by atoms with E-state index < -0.39 is 0 Å². The topological polar surface area (TPSA) is 0 Å². The van der Waals surface area contributed by atoms with E-state index in [-0.39, 0.29) is 0 Å². The van der Waals surface area contributed by atoms with Crippen molar-refractivity contribution >= 4 is 0 Å². The molecule has 0 aliphatic heterocycles. The molecule has 0 aromatic carbocycles. The van der Waals surface area contributed by atoms with E-state index in [9.17, 15) is 0 Å². The molecule has 0 fully saturated rings. The second-order valence-corrected chi connectivity index (χ2v) is 2.53. The lowest BCUT2D eigenvalue weighted by molar-refractivity contribution is 0.527. The lowest BCUT2D eigenvalue weighted by Gasteiger charge is -2.12. The minimum absolute atomic E-state index is 0.906. The van der Waals surface area contributed by atoms with Crippen LogP contribution in [-0.2, 0) is 0 Å². The fourth-order valence-electron chi connectivity index (χ4n) is 1.22. The summed E-state index contributed by atoms with van der Waals surface area (Å²) in [5.74, 6) is 0.906. The Balaban J connectivity index is 0.000000371. The van der Waals surface area contributed by atoms with Crippen LogP contribution in [0.4, 0.5) is 0 Å². The van der Waals surface area contributed by atoms with Gasteiger partial charge in [-0.3, -0.25) is 0 Å². The molecule has 0 spiro atoms. The fraction of sp³-hybridized carbons (Fsp3) is 0.800. The SMILES string of the molecule is CC.CCC1C=CCCC1. The molecule has 0 saturated carbocycles. The third-order valence-electron chi connectivity index (χ3n) is 1.88. The molecule has 1 aliphatic rings. The first-order valence-corrected chi connectivity index (χ1v) is 4.60. The zero-order valence-corrected chi connectivity index (χ0v) is 7.56. The van der Waals surface area contributed by atoms with Crippen LogP contribution in [0.2, 0.25) is 0 Å². The Hall–Kier alpha value is -0.260. The molecule has 0 aromatic rings. The number of allylic oxidation sites excluding steroid dienone is 2. The van der Waals surface area contributed by atoms with Gasteiger partial charge in [-0.25, -0.2) is 0 Å². The highest BCUT2D eigenvalue weighted by Crippen LogP contribution is 2.18. The van der Waals surface area contributed by atoms with Crippen molar-refractivity contribution in [2.45, 2.75) is 46.5 Å².